The number of fused-ring (bicyclic) bond motifs is 2. The van der Waals surface area contributed by atoms with Crippen molar-refractivity contribution in [3.05, 3.63) is 47.7 Å². The molecule has 34 heavy (non-hydrogen) atoms. The molecule has 3 fully saturated rings. The highest BCUT2D eigenvalue weighted by Crippen LogP contribution is 2.55. The van der Waals surface area contributed by atoms with Crippen molar-refractivity contribution in [3.63, 3.8) is 0 Å². The van der Waals surface area contributed by atoms with Crippen molar-refractivity contribution in [1.82, 2.24) is 25.5 Å². The van der Waals surface area contributed by atoms with E-state index in [1.807, 2.05) is 51.1 Å². The van der Waals surface area contributed by atoms with Crippen molar-refractivity contribution in [3.8, 4) is 0 Å². The second-order valence-electron chi connectivity index (χ2n) is 10.6. The fourth-order valence-electron chi connectivity index (χ4n) is 5.41. The maximum Gasteiger partial charge on any atom is 0.404 e. The van der Waals surface area contributed by atoms with Crippen LogP contribution >= 0.6 is 0 Å². The van der Waals surface area contributed by atoms with E-state index in [0.717, 1.165) is 24.8 Å². The zero-order chi connectivity index (χ0) is 24.1. The average Bonchev–Trinajstić information content (AvgIpc) is 3.37. The number of hydroxylamine groups is 2. The minimum absolute atomic E-state index is 0.00494. The van der Waals surface area contributed by atoms with Crippen molar-refractivity contribution in [2.75, 3.05) is 6.54 Å². The topological polar surface area (TPSA) is 121 Å². The molecule has 0 spiro atoms. The molecule has 2 aromatic rings. The number of nitrogens with one attached hydrogen (secondary N) is 1. The van der Waals surface area contributed by atoms with Gasteiger partial charge in [-0.15, -0.1) is 10.2 Å². The van der Waals surface area contributed by atoms with Crippen LogP contribution in [0, 0.1) is 5.41 Å². The molecule has 3 heterocycles. The van der Waals surface area contributed by atoms with E-state index < -0.39 is 11.5 Å². The van der Waals surface area contributed by atoms with Gasteiger partial charge in [0, 0.05) is 6.54 Å². The number of rotatable bonds is 7. The smallest absolute Gasteiger partial charge is 0.404 e. The molecule has 2 N–H and O–H groups in total. The van der Waals surface area contributed by atoms with Crippen LogP contribution in [0.4, 0.5) is 9.59 Å². The number of aromatic nitrogens is 2. The number of urea groups is 1. The van der Waals surface area contributed by atoms with Gasteiger partial charge in [-0.2, -0.15) is 5.06 Å². The summed E-state index contributed by atoms with van der Waals surface area (Å²) in [6.45, 7) is 6.88. The molecule has 1 aromatic carbocycles. The van der Waals surface area contributed by atoms with E-state index >= 15 is 0 Å². The molecule has 2 bridgehead atoms. The fraction of sp³-hybridized carbons (Fsp3) is 0.583. The molecule has 3 aliphatic rings. The highest BCUT2D eigenvalue weighted by molar-refractivity contribution is 5.77. The molecule has 1 saturated carbocycles. The standard InChI is InChI=1S/C24H31N5O5/c1-23(2,3)19(25-21(30)31)24(11-12-24)20-27-26-18(34-20)17-10-9-16-13-28(17)22(32)29(16)33-14-15-7-5-4-6-8-15/h4-8,16-17,19,25H,9-14H2,1-3H3,(H,30,31)/t16-,17?,19?/m1/s1. The highest BCUT2D eigenvalue weighted by Gasteiger charge is 2.59. The van der Waals surface area contributed by atoms with Gasteiger partial charge in [-0.3, -0.25) is 4.84 Å². The van der Waals surface area contributed by atoms with Crippen molar-refractivity contribution in [1.29, 1.82) is 0 Å². The molecule has 2 aliphatic heterocycles. The first kappa shape index (κ1) is 22.6. The summed E-state index contributed by atoms with van der Waals surface area (Å²) in [6.07, 6.45) is 1.95. The highest BCUT2D eigenvalue weighted by atomic mass is 16.7. The maximum absolute atomic E-state index is 13.1. The molecule has 182 valence electrons. The van der Waals surface area contributed by atoms with E-state index in [1.165, 1.54) is 5.06 Å². The number of piperidine rings is 1. The molecule has 1 aliphatic carbocycles. The van der Waals surface area contributed by atoms with E-state index in [0.29, 0.717) is 31.4 Å². The van der Waals surface area contributed by atoms with Crippen LogP contribution in [0.2, 0.25) is 0 Å². The molecule has 0 radical (unpaired) electrons. The molecule has 1 aromatic heterocycles. The number of benzene rings is 1. The molecule has 2 unspecified atom stereocenters. The summed E-state index contributed by atoms with van der Waals surface area (Å²) in [4.78, 5) is 32.2. The van der Waals surface area contributed by atoms with Crippen LogP contribution in [-0.4, -0.2) is 56.0 Å². The largest absolute Gasteiger partial charge is 0.465 e. The van der Waals surface area contributed by atoms with Gasteiger partial charge < -0.3 is 19.7 Å². The van der Waals surface area contributed by atoms with E-state index in [-0.39, 0.29) is 29.6 Å². The molecule has 2 saturated heterocycles. The Kier molecular flexibility index (Phi) is 5.50. The summed E-state index contributed by atoms with van der Waals surface area (Å²) >= 11 is 0. The predicted molar refractivity (Wildman–Crippen MR) is 121 cm³/mol. The van der Waals surface area contributed by atoms with Crippen LogP contribution in [0.5, 0.6) is 0 Å². The van der Waals surface area contributed by atoms with E-state index in [4.69, 9.17) is 9.25 Å². The van der Waals surface area contributed by atoms with Gasteiger partial charge in [-0.25, -0.2) is 9.59 Å². The lowest BCUT2D eigenvalue weighted by Gasteiger charge is -2.35. The average molecular weight is 470 g/mol. The summed E-state index contributed by atoms with van der Waals surface area (Å²) in [6, 6.07) is 8.89. The third-order valence-corrected chi connectivity index (χ3v) is 7.16. The van der Waals surface area contributed by atoms with Gasteiger partial charge in [0.05, 0.1) is 17.5 Å². The SMILES string of the molecule is CC(C)(C)C(NC(=O)O)C1(c2nnc(C3CC[C@@H]4CN3C(=O)N4OCc3ccccc3)o2)CC1. The number of carboxylic acid groups (broad SMARTS) is 1. The summed E-state index contributed by atoms with van der Waals surface area (Å²) in [5.74, 6) is 0.850. The van der Waals surface area contributed by atoms with Crippen LogP contribution in [-0.2, 0) is 16.9 Å². The number of carbonyl (C=O) groups is 2. The van der Waals surface area contributed by atoms with Crippen LogP contribution in [0.1, 0.15) is 69.8 Å². The van der Waals surface area contributed by atoms with Crippen LogP contribution in [0.25, 0.3) is 0 Å². The second kappa shape index (κ2) is 8.26. The molecular formula is C24H31N5O5. The summed E-state index contributed by atoms with van der Waals surface area (Å²) in [5, 5.41) is 22.2. The quantitative estimate of drug-likeness (QED) is 0.632. The third-order valence-electron chi connectivity index (χ3n) is 7.16. The Balaban J connectivity index is 1.31. The molecular weight excluding hydrogens is 438 g/mol. The Bertz CT molecular complexity index is 1060. The Morgan fingerprint density at radius 2 is 2.00 bits per heavy atom. The first-order valence-electron chi connectivity index (χ1n) is 11.8. The van der Waals surface area contributed by atoms with Crippen molar-refractivity contribution in [2.24, 2.45) is 5.41 Å². The Hall–Kier alpha value is -3.14. The summed E-state index contributed by atoms with van der Waals surface area (Å²) < 4.78 is 6.16. The number of hydrogen-bond acceptors (Lipinski definition) is 6. The van der Waals surface area contributed by atoms with Gasteiger partial charge in [-0.05, 0) is 36.7 Å². The third kappa shape index (κ3) is 4.00. The Labute approximate surface area is 198 Å². The second-order valence-corrected chi connectivity index (χ2v) is 10.6. The first-order valence-corrected chi connectivity index (χ1v) is 11.8. The monoisotopic (exact) mass is 469 g/mol. The maximum atomic E-state index is 13.1. The van der Waals surface area contributed by atoms with Gasteiger partial charge in [-0.1, -0.05) is 51.1 Å². The normalized spacial score (nSPS) is 24.3. The van der Waals surface area contributed by atoms with E-state index in [2.05, 4.69) is 15.5 Å². The molecule has 10 nitrogen and oxygen atoms in total. The van der Waals surface area contributed by atoms with Gasteiger partial charge >= 0.3 is 12.1 Å². The number of amides is 3. The van der Waals surface area contributed by atoms with E-state index in [9.17, 15) is 14.7 Å². The molecule has 3 amide bonds. The molecule has 10 heteroatoms. The lowest BCUT2D eigenvalue weighted by atomic mass is 9.76. The molecule has 5 rings (SSSR count). The fourth-order valence-corrected chi connectivity index (χ4v) is 5.41. The Morgan fingerprint density at radius 1 is 1.26 bits per heavy atom. The first-order chi connectivity index (χ1) is 16.2. The van der Waals surface area contributed by atoms with Gasteiger partial charge in [0.25, 0.3) is 0 Å². The summed E-state index contributed by atoms with van der Waals surface area (Å²) in [7, 11) is 0. The van der Waals surface area contributed by atoms with Crippen LogP contribution < -0.4 is 5.32 Å². The number of carbonyl (C=O) groups excluding carboxylic acids is 1. The van der Waals surface area contributed by atoms with Crippen molar-refractivity contribution in [2.45, 2.75) is 76.6 Å². The lowest BCUT2D eigenvalue weighted by Crippen LogP contribution is -2.51. The lowest BCUT2D eigenvalue weighted by molar-refractivity contribution is -0.140. The number of nitrogens with zero attached hydrogens (tertiary/aromatic N) is 4. The predicted octanol–water partition coefficient (Wildman–Crippen LogP) is 3.86. The van der Waals surface area contributed by atoms with Crippen LogP contribution in [0.15, 0.2) is 34.7 Å². The van der Waals surface area contributed by atoms with Gasteiger partial charge in [0.1, 0.15) is 12.6 Å². The molecule has 3 atom stereocenters. The minimum Gasteiger partial charge on any atom is -0.465 e. The Morgan fingerprint density at radius 3 is 2.65 bits per heavy atom. The van der Waals surface area contributed by atoms with Gasteiger partial charge in [0.15, 0.2) is 0 Å². The van der Waals surface area contributed by atoms with Gasteiger partial charge in [0.2, 0.25) is 11.8 Å². The summed E-state index contributed by atoms with van der Waals surface area (Å²) in [5.41, 5.74) is 0.158. The number of hydrogen-bond donors (Lipinski definition) is 2. The van der Waals surface area contributed by atoms with Crippen LogP contribution in [0.3, 0.4) is 0 Å². The zero-order valence-electron chi connectivity index (χ0n) is 19.7. The van der Waals surface area contributed by atoms with Crippen molar-refractivity contribution < 1.29 is 24.0 Å². The minimum atomic E-state index is -1.07. The van der Waals surface area contributed by atoms with E-state index in [1.54, 1.807) is 4.90 Å². The zero-order valence-corrected chi connectivity index (χ0v) is 19.7. The van der Waals surface area contributed by atoms with Crippen molar-refractivity contribution >= 4 is 12.1 Å².